The molecule has 0 aromatic heterocycles. The van der Waals surface area contributed by atoms with E-state index in [1.54, 1.807) is 4.90 Å². The summed E-state index contributed by atoms with van der Waals surface area (Å²) in [7, 11) is -3.21. The Balaban J connectivity index is 1.71. The molecule has 0 saturated carbocycles. The van der Waals surface area contributed by atoms with Crippen molar-refractivity contribution < 1.29 is 13.2 Å². The summed E-state index contributed by atoms with van der Waals surface area (Å²) in [4.78, 5) is 16.0. The molecule has 1 aliphatic rings. The standard InChI is InChI=1S/C14H22N4O3S/c1-22(20,21)16-8-7-15-14(19)18-11-9-17(10-12-18)13-5-3-2-4-6-13/h2-6,16H,7-12H2,1H3,(H,15,19). The maximum Gasteiger partial charge on any atom is 0.317 e. The van der Waals surface area contributed by atoms with Crippen LogP contribution in [0, 0.1) is 0 Å². The second-order valence-electron chi connectivity index (χ2n) is 5.21. The lowest BCUT2D eigenvalue weighted by Crippen LogP contribution is -2.52. The maximum atomic E-state index is 12.0. The van der Waals surface area contributed by atoms with Crippen molar-refractivity contribution in [3.05, 3.63) is 30.3 Å². The van der Waals surface area contributed by atoms with Crippen LogP contribution in [0.25, 0.3) is 0 Å². The molecule has 2 N–H and O–H groups in total. The fourth-order valence-electron chi connectivity index (χ4n) is 2.32. The number of urea groups is 1. The van der Waals surface area contributed by atoms with Crippen molar-refractivity contribution in [1.82, 2.24) is 14.9 Å². The quantitative estimate of drug-likeness (QED) is 0.750. The van der Waals surface area contributed by atoms with Crippen LogP contribution in [0.4, 0.5) is 10.5 Å². The number of sulfonamides is 1. The van der Waals surface area contributed by atoms with E-state index in [9.17, 15) is 13.2 Å². The van der Waals surface area contributed by atoms with Gasteiger partial charge in [-0.3, -0.25) is 0 Å². The number of hydrogen-bond donors (Lipinski definition) is 2. The zero-order valence-corrected chi connectivity index (χ0v) is 13.5. The summed E-state index contributed by atoms with van der Waals surface area (Å²) < 4.78 is 24.2. The molecule has 0 radical (unpaired) electrons. The van der Waals surface area contributed by atoms with Gasteiger partial charge in [-0.05, 0) is 12.1 Å². The number of anilines is 1. The number of nitrogens with one attached hydrogen (secondary N) is 2. The second-order valence-corrected chi connectivity index (χ2v) is 7.04. The van der Waals surface area contributed by atoms with Gasteiger partial charge in [0, 0.05) is 45.0 Å². The summed E-state index contributed by atoms with van der Waals surface area (Å²) in [6.07, 6.45) is 1.09. The number of para-hydroxylation sites is 1. The highest BCUT2D eigenvalue weighted by atomic mass is 32.2. The zero-order chi connectivity index (χ0) is 16.0. The summed E-state index contributed by atoms with van der Waals surface area (Å²) in [6, 6.07) is 9.96. The maximum absolute atomic E-state index is 12.0. The Hall–Kier alpha value is -1.80. The van der Waals surface area contributed by atoms with E-state index < -0.39 is 10.0 Å². The Morgan fingerprint density at radius 1 is 1.09 bits per heavy atom. The molecule has 1 saturated heterocycles. The van der Waals surface area contributed by atoms with Crippen molar-refractivity contribution in [3.63, 3.8) is 0 Å². The molecule has 0 spiro atoms. The molecule has 0 unspecified atom stereocenters. The molecule has 2 rings (SSSR count). The van der Waals surface area contributed by atoms with Crippen LogP contribution in [0.3, 0.4) is 0 Å². The largest absolute Gasteiger partial charge is 0.368 e. The first kappa shape index (κ1) is 16.6. The van der Waals surface area contributed by atoms with Crippen LogP contribution in [0.5, 0.6) is 0 Å². The topological polar surface area (TPSA) is 81.8 Å². The Bertz CT molecular complexity index is 583. The molecular weight excluding hydrogens is 304 g/mol. The smallest absolute Gasteiger partial charge is 0.317 e. The number of carbonyl (C=O) groups excluding carboxylic acids is 1. The first-order chi connectivity index (χ1) is 10.5. The Morgan fingerprint density at radius 2 is 1.73 bits per heavy atom. The summed E-state index contributed by atoms with van der Waals surface area (Å²) in [5, 5.41) is 2.72. The van der Waals surface area contributed by atoms with Crippen molar-refractivity contribution >= 4 is 21.7 Å². The van der Waals surface area contributed by atoms with E-state index in [-0.39, 0.29) is 19.1 Å². The number of amides is 2. The Kier molecular flexibility index (Phi) is 5.62. The SMILES string of the molecule is CS(=O)(=O)NCCNC(=O)N1CCN(c2ccccc2)CC1. The van der Waals surface area contributed by atoms with Gasteiger partial charge in [0.2, 0.25) is 10.0 Å². The van der Waals surface area contributed by atoms with Gasteiger partial charge in [0.1, 0.15) is 0 Å². The lowest BCUT2D eigenvalue weighted by Gasteiger charge is -2.36. The van der Waals surface area contributed by atoms with Gasteiger partial charge in [0.25, 0.3) is 0 Å². The average Bonchev–Trinajstić information content (AvgIpc) is 2.51. The van der Waals surface area contributed by atoms with Crippen LogP contribution in [0.1, 0.15) is 0 Å². The summed E-state index contributed by atoms with van der Waals surface area (Å²) in [5.74, 6) is 0. The molecule has 2 amide bonds. The number of piperazine rings is 1. The van der Waals surface area contributed by atoms with Crippen molar-refractivity contribution in [3.8, 4) is 0 Å². The lowest BCUT2D eigenvalue weighted by molar-refractivity contribution is 0.194. The van der Waals surface area contributed by atoms with E-state index in [0.29, 0.717) is 13.1 Å². The number of benzene rings is 1. The number of carbonyl (C=O) groups is 1. The van der Waals surface area contributed by atoms with Crippen molar-refractivity contribution in [2.45, 2.75) is 0 Å². The highest BCUT2D eigenvalue weighted by Crippen LogP contribution is 2.15. The summed E-state index contributed by atoms with van der Waals surface area (Å²) >= 11 is 0. The molecule has 1 fully saturated rings. The van der Waals surface area contributed by atoms with Crippen LogP contribution >= 0.6 is 0 Å². The third-order valence-corrected chi connectivity index (χ3v) is 4.18. The van der Waals surface area contributed by atoms with E-state index in [2.05, 4.69) is 27.1 Å². The van der Waals surface area contributed by atoms with Crippen LogP contribution < -0.4 is 14.9 Å². The molecule has 7 nitrogen and oxygen atoms in total. The Labute approximate surface area is 131 Å². The first-order valence-corrected chi connectivity index (χ1v) is 9.12. The van der Waals surface area contributed by atoms with Crippen LogP contribution in [0.2, 0.25) is 0 Å². The molecule has 1 heterocycles. The molecular formula is C14H22N4O3S. The monoisotopic (exact) mass is 326 g/mol. The van der Waals surface area contributed by atoms with Gasteiger partial charge < -0.3 is 15.1 Å². The van der Waals surface area contributed by atoms with Gasteiger partial charge in [-0.15, -0.1) is 0 Å². The van der Waals surface area contributed by atoms with Crippen LogP contribution in [-0.4, -0.2) is 64.9 Å². The highest BCUT2D eigenvalue weighted by molar-refractivity contribution is 7.88. The molecule has 22 heavy (non-hydrogen) atoms. The van der Waals surface area contributed by atoms with Gasteiger partial charge in [0.15, 0.2) is 0 Å². The van der Waals surface area contributed by atoms with Crippen molar-refractivity contribution in [2.75, 3.05) is 50.4 Å². The second kappa shape index (κ2) is 7.46. The minimum Gasteiger partial charge on any atom is -0.368 e. The molecule has 1 aromatic carbocycles. The Morgan fingerprint density at radius 3 is 2.32 bits per heavy atom. The number of nitrogens with zero attached hydrogens (tertiary/aromatic N) is 2. The summed E-state index contributed by atoms with van der Waals surface area (Å²) in [5.41, 5.74) is 1.17. The van der Waals surface area contributed by atoms with Gasteiger partial charge in [-0.25, -0.2) is 17.9 Å². The predicted octanol–water partition coefficient (Wildman–Crippen LogP) is 0.0674. The van der Waals surface area contributed by atoms with E-state index in [1.807, 2.05) is 18.2 Å². The van der Waals surface area contributed by atoms with Crippen molar-refractivity contribution in [2.24, 2.45) is 0 Å². The zero-order valence-electron chi connectivity index (χ0n) is 12.7. The van der Waals surface area contributed by atoms with Crippen molar-refractivity contribution in [1.29, 1.82) is 0 Å². The number of rotatable bonds is 5. The first-order valence-electron chi connectivity index (χ1n) is 7.23. The highest BCUT2D eigenvalue weighted by Gasteiger charge is 2.20. The third-order valence-electron chi connectivity index (χ3n) is 3.45. The molecule has 0 aliphatic carbocycles. The summed E-state index contributed by atoms with van der Waals surface area (Å²) in [6.45, 7) is 3.37. The lowest BCUT2D eigenvalue weighted by atomic mass is 10.2. The fourth-order valence-corrected chi connectivity index (χ4v) is 2.80. The molecule has 0 bridgehead atoms. The molecule has 1 aliphatic heterocycles. The van der Waals surface area contributed by atoms with E-state index in [4.69, 9.17) is 0 Å². The molecule has 0 atom stereocenters. The molecule has 1 aromatic rings. The van der Waals surface area contributed by atoms with Crippen LogP contribution in [0.15, 0.2) is 30.3 Å². The predicted molar refractivity (Wildman–Crippen MR) is 86.5 cm³/mol. The normalized spacial score (nSPS) is 15.7. The van der Waals surface area contributed by atoms with Gasteiger partial charge in [-0.1, -0.05) is 18.2 Å². The fraction of sp³-hybridized carbons (Fsp3) is 0.500. The van der Waals surface area contributed by atoms with E-state index in [1.165, 1.54) is 5.69 Å². The minimum absolute atomic E-state index is 0.150. The van der Waals surface area contributed by atoms with Crippen LogP contribution in [-0.2, 0) is 10.0 Å². The van der Waals surface area contributed by atoms with E-state index >= 15 is 0 Å². The van der Waals surface area contributed by atoms with Gasteiger partial charge in [0.05, 0.1) is 6.26 Å². The average molecular weight is 326 g/mol. The molecule has 122 valence electrons. The molecule has 8 heteroatoms. The third kappa shape index (κ3) is 5.19. The van der Waals surface area contributed by atoms with E-state index in [0.717, 1.165) is 19.3 Å². The van der Waals surface area contributed by atoms with Gasteiger partial charge in [-0.2, -0.15) is 0 Å². The van der Waals surface area contributed by atoms with Gasteiger partial charge >= 0.3 is 6.03 Å². The number of hydrogen-bond acceptors (Lipinski definition) is 4. The minimum atomic E-state index is -3.21.